The van der Waals surface area contributed by atoms with E-state index in [1.165, 1.54) is 23.0 Å². The fourth-order valence-electron chi connectivity index (χ4n) is 2.42. The first-order valence-corrected chi connectivity index (χ1v) is 8.36. The molecule has 3 aromatic rings. The van der Waals surface area contributed by atoms with Gasteiger partial charge in [0.15, 0.2) is 0 Å². The number of rotatable bonds is 4. The average molecular weight is 376 g/mol. The molecule has 1 heterocycles. The fourth-order valence-corrected chi connectivity index (χ4v) is 2.97. The molecular weight excluding hydrogens is 361 g/mol. The molecule has 7 heteroatoms. The predicted octanol–water partition coefficient (Wildman–Crippen LogP) is 3.33. The molecule has 0 spiro atoms. The Balaban J connectivity index is 1.76. The largest absolute Gasteiger partial charge is 0.350 e. The number of carbonyl (C=O) groups excluding carboxylic acids is 1. The summed E-state index contributed by atoms with van der Waals surface area (Å²) in [6.45, 7) is 2.27. The van der Waals surface area contributed by atoms with E-state index >= 15 is 0 Å². The molecule has 0 atom stereocenters. The van der Waals surface area contributed by atoms with Crippen LogP contribution in [0, 0.1) is 6.92 Å². The van der Waals surface area contributed by atoms with Crippen LogP contribution in [0.4, 0.5) is 0 Å². The number of nitrogens with zero attached hydrogens (tertiary/aromatic N) is 2. The highest BCUT2D eigenvalue weighted by Gasteiger charge is 2.11. The summed E-state index contributed by atoms with van der Waals surface area (Å²) in [6, 6.07) is 10.9. The van der Waals surface area contributed by atoms with Crippen LogP contribution >= 0.6 is 23.2 Å². The van der Waals surface area contributed by atoms with Crippen LogP contribution in [0.25, 0.3) is 10.9 Å². The maximum Gasteiger partial charge on any atom is 0.261 e. The first-order valence-electron chi connectivity index (χ1n) is 7.60. The second-order valence-corrected chi connectivity index (χ2v) is 6.57. The summed E-state index contributed by atoms with van der Waals surface area (Å²) in [5.41, 5.74) is 2.15. The van der Waals surface area contributed by atoms with E-state index in [2.05, 4.69) is 10.3 Å². The summed E-state index contributed by atoms with van der Waals surface area (Å²) < 4.78 is 1.24. The molecule has 0 fully saturated rings. The summed E-state index contributed by atoms with van der Waals surface area (Å²) >= 11 is 12.0. The van der Waals surface area contributed by atoms with Crippen molar-refractivity contribution >= 4 is 40.0 Å². The molecule has 0 bridgehead atoms. The van der Waals surface area contributed by atoms with Gasteiger partial charge < -0.3 is 5.32 Å². The Hall–Kier alpha value is -2.37. The molecule has 1 amide bonds. The van der Waals surface area contributed by atoms with E-state index in [1.54, 1.807) is 0 Å². The second-order valence-electron chi connectivity index (χ2n) is 5.72. The summed E-state index contributed by atoms with van der Waals surface area (Å²) in [6.07, 6.45) is 1.32. The van der Waals surface area contributed by atoms with Gasteiger partial charge in [0, 0.05) is 11.6 Å². The van der Waals surface area contributed by atoms with Crippen molar-refractivity contribution in [2.45, 2.75) is 20.0 Å². The van der Waals surface area contributed by atoms with Crippen LogP contribution in [0.5, 0.6) is 0 Å². The van der Waals surface area contributed by atoms with Crippen LogP contribution in [0.15, 0.2) is 47.5 Å². The summed E-state index contributed by atoms with van der Waals surface area (Å²) in [4.78, 5) is 28.8. The number of hydrogen-bond donors (Lipinski definition) is 1. The zero-order valence-corrected chi connectivity index (χ0v) is 14.9. The van der Waals surface area contributed by atoms with Gasteiger partial charge >= 0.3 is 0 Å². The number of halogens is 2. The highest BCUT2D eigenvalue weighted by molar-refractivity contribution is 6.38. The van der Waals surface area contributed by atoms with Crippen molar-refractivity contribution in [3.05, 3.63) is 74.3 Å². The standard InChI is InChI=1S/C18H15Cl2N3O2/c1-11-2-4-12(5-3-11)8-21-16(24)9-23-10-22-17-14(18(23)25)6-13(19)7-15(17)20/h2-7,10H,8-9H2,1H3,(H,21,24). The quantitative estimate of drug-likeness (QED) is 0.760. The Morgan fingerprint density at radius 1 is 1.20 bits per heavy atom. The van der Waals surface area contributed by atoms with Gasteiger partial charge in [0.1, 0.15) is 6.54 Å². The number of aromatic nitrogens is 2. The number of benzene rings is 2. The highest BCUT2D eigenvalue weighted by Crippen LogP contribution is 2.23. The number of carbonyl (C=O) groups is 1. The van der Waals surface area contributed by atoms with Gasteiger partial charge in [-0.15, -0.1) is 0 Å². The van der Waals surface area contributed by atoms with Crippen molar-refractivity contribution in [1.82, 2.24) is 14.9 Å². The third-order valence-electron chi connectivity index (χ3n) is 3.77. The van der Waals surface area contributed by atoms with Crippen LogP contribution in [0.3, 0.4) is 0 Å². The van der Waals surface area contributed by atoms with Gasteiger partial charge in [0.25, 0.3) is 5.56 Å². The SMILES string of the molecule is Cc1ccc(CNC(=O)Cn2cnc3c(Cl)cc(Cl)cc3c2=O)cc1. The third kappa shape index (κ3) is 4.00. The molecule has 0 saturated heterocycles. The van der Waals surface area contributed by atoms with Crippen LogP contribution in [-0.4, -0.2) is 15.5 Å². The molecule has 0 aliphatic carbocycles. The molecule has 0 unspecified atom stereocenters. The van der Waals surface area contributed by atoms with Gasteiger partial charge in [0.05, 0.1) is 22.3 Å². The van der Waals surface area contributed by atoms with Crippen molar-refractivity contribution in [3.8, 4) is 0 Å². The minimum atomic E-state index is -0.361. The Labute approximate surface area is 154 Å². The van der Waals surface area contributed by atoms with Gasteiger partial charge in [-0.1, -0.05) is 53.0 Å². The van der Waals surface area contributed by atoms with Crippen molar-refractivity contribution in [2.24, 2.45) is 0 Å². The van der Waals surface area contributed by atoms with E-state index in [4.69, 9.17) is 23.2 Å². The number of aryl methyl sites for hydroxylation is 1. The van der Waals surface area contributed by atoms with E-state index in [-0.39, 0.29) is 23.4 Å². The van der Waals surface area contributed by atoms with Gasteiger partial charge in [0.2, 0.25) is 5.91 Å². The summed E-state index contributed by atoms with van der Waals surface area (Å²) in [5.74, 6) is -0.281. The molecule has 1 aromatic heterocycles. The number of fused-ring (bicyclic) bond motifs is 1. The van der Waals surface area contributed by atoms with Gasteiger partial charge in [-0.2, -0.15) is 0 Å². The number of nitrogens with one attached hydrogen (secondary N) is 1. The topological polar surface area (TPSA) is 64.0 Å². The van der Waals surface area contributed by atoms with E-state index in [0.29, 0.717) is 22.1 Å². The van der Waals surface area contributed by atoms with E-state index in [1.807, 2.05) is 31.2 Å². The molecule has 5 nitrogen and oxygen atoms in total. The summed E-state index contributed by atoms with van der Waals surface area (Å²) in [7, 11) is 0. The lowest BCUT2D eigenvalue weighted by Gasteiger charge is -2.09. The Bertz CT molecular complexity index is 998. The van der Waals surface area contributed by atoms with E-state index < -0.39 is 0 Å². The molecule has 2 aromatic carbocycles. The van der Waals surface area contributed by atoms with E-state index in [0.717, 1.165) is 11.1 Å². The minimum absolute atomic E-state index is 0.127. The molecule has 0 radical (unpaired) electrons. The lowest BCUT2D eigenvalue weighted by molar-refractivity contribution is -0.121. The third-order valence-corrected chi connectivity index (χ3v) is 4.28. The van der Waals surface area contributed by atoms with Gasteiger partial charge in [-0.3, -0.25) is 14.2 Å². The molecule has 0 saturated carbocycles. The first kappa shape index (κ1) is 17.5. The van der Waals surface area contributed by atoms with E-state index in [9.17, 15) is 9.59 Å². The van der Waals surface area contributed by atoms with Crippen LogP contribution in [0.1, 0.15) is 11.1 Å². The fraction of sp³-hybridized carbons (Fsp3) is 0.167. The Morgan fingerprint density at radius 2 is 1.92 bits per heavy atom. The van der Waals surface area contributed by atoms with Gasteiger partial charge in [-0.25, -0.2) is 4.98 Å². The minimum Gasteiger partial charge on any atom is -0.350 e. The molecule has 0 aliphatic rings. The summed E-state index contributed by atoms with van der Waals surface area (Å²) in [5, 5.41) is 3.72. The zero-order valence-electron chi connectivity index (χ0n) is 13.4. The normalized spacial score (nSPS) is 10.8. The van der Waals surface area contributed by atoms with Gasteiger partial charge in [-0.05, 0) is 24.6 Å². The van der Waals surface area contributed by atoms with Crippen molar-refractivity contribution in [3.63, 3.8) is 0 Å². The highest BCUT2D eigenvalue weighted by atomic mass is 35.5. The number of amides is 1. The molecule has 128 valence electrons. The Kier molecular flexibility index (Phi) is 5.06. The van der Waals surface area contributed by atoms with Crippen molar-refractivity contribution < 1.29 is 4.79 Å². The van der Waals surface area contributed by atoms with Crippen LogP contribution in [-0.2, 0) is 17.9 Å². The predicted molar refractivity (Wildman–Crippen MR) is 99.0 cm³/mol. The maximum atomic E-state index is 12.5. The van der Waals surface area contributed by atoms with Crippen molar-refractivity contribution in [1.29, 1.82) is 0 Å². The molecule has 0 aliphatic heterocycles. The second kappa shape index (κ2) is 7.25. The monoisotopic (exact) mass is 375 g/mol. The van der Waals surface area contributed by atoms with Crippen molar-refractivity contribution in [2.75, 3.05) is 0 Å². The Morgan fingerprint density at radius 3 is 2.64 bits per heavy atom. The molecule has 25 heavy (non-hydrogen) atoms. The number of hydrogen-bond acceptors (Lipinski definition) is 3. The molecular formula is C18H15Cl2N3O2. The van der Waals surface area contributed by atoms with Crippen LogP contribution in [0.2, 0.25) is 10.0 Å². The maximum absolute atomic E-state index is 12.5. The lowest BCUT2D eigenvalue weighted by atomic mass is 10.1. The first-order chi connectivity index (χ1) is 11.9. The zero-order chi connectivity index (χ0) is 18.0. The smallest absolute Gasteiger partial charge is 0.261 e. The molecule has 1 N–H and O–H groups in total. The lowest BCUT2D eigenvalue weighted by Crippen LogP contribution is -2.32. The molecule has 3 rings (SSSR count). The van der Waals surface area contributed by atoms with Crippen LogP contribution < -0.4 is 10.9 Å². The average Bonchev–Trinajstić information content (AvgIpc) is 2.57.